The van der Waals surface area contributed by atoms with Gasteiger partial charge in [0.05, 0.1) is 18.6 Å². The van der Waals surface area contributed by atoms with Gasteiger partial charge in [-0.2, -0.15) is 0 Å². The quantitative estimate of drug-likeness (QED) is 0.485. The number of rotatable bonds is 6. The van der Waals surface area contributed by atoms with Crippen molar-refractivity contribution in [2.75, 3.05) is 44.7 Å². The van der Waals surface area contributed by atoms with Crippen LogP contribution in [0.15, 0.2) is 67.1 Å². The number of aromatic nitrogens is 3. The zero-order chi connectivity index (χ0) is 21.0. The van der Waals surface area contributed by atoms with Crippen LogP contribution in [0.4, 0.5) is 5.82 Å². The van der Waals surface area contributed by atoms with Crippen molar-refractivity contribution in [3.8, 4) is 16.8 Å². The molecule has 31 heavy (non-hydrogen) atoms. The molecule has 0 saturated carbocycles. The third-order valence-electron chi connectivity index (χ3n) is 5.60. The summed E-state index contributed by atoms with van der Waals surface area (Å²) in [5.41, 5.74) is 4.10. The third-order valence-corrected chi connectivity index (χ3v) is 5.85. The molecule has 2 aromatic carbocycles. The molecule has 0 unspecified atom stereocenters. The third kappa shape index (κ3) is 4.28. The van der Waals surface area contributed by atoms with E-state index in [0.29, 0.717) is 5.02 Å². The predicted octanol–water partition coefficient (Wildman–Crippen LogP) is 4.49. The van der Waals surface area contributed by atoms with E-state index in [1.54, 1.807) is 6.33 Å². The first-order valence-electron chi connectivity index (χ1n) is 10.5. The van der Waals surface area contributed by atoms with Crippen LogP contribution in [0, 0.1) is 0 Å². The predicted molar refractivity (Wildman–Crippen MR) is 125 cm³/mol. The Hall–Kier alpha value is -2.93. The van der Waals surface area contributed by atoms with Gasteiger partial charge in [-0.3, -0.25) is 4.90 Å². The zero-order valence-corrected chi connectivity index (χ0v) is 17.9. The molecule has 5 rings (SSSR count). The van der Waals surface area contributed by atoms with E-state index < -0.39 is 0 Å². The molecule has 3 heterocycles. The highest BCUT2D eigenvalue weighted by Crippen LogP contribution is 2.35. The second kappa shape index (κ2) is 9.06. The summed E-state index contributed by atoms with van der Waals surface area (Å²) < 4.78 is 7.55. The summed E-state index contributed by atoms with van der Waals surface area (Å²) in [6, 6.07) is 18.2. The summed E-state index contributed by atoms with van der Waals surface area (Å²) in [5, 5.41) is 5.28. The van der Waals surface area contributed by atoms with Crippen molar-refractivity contribution in [2.24, 2.45) is 0 Å². The van der Waals surface area contributed by atoms with Gasteiger partial charge in [0.15, 0.2) is 5.65 Å². The van der Waals surface area contributed by atoms with Crippen LogP contribution < -0.4 is 5.32 Å². The molecule has 1 aliphatic heterocycles. The summed E-state index contributed by atoms with van der Waals surface area (Å²) >= 11 is 6.11. The van der Waals surface area contributed by atoms with Crippen LogP contribution in [-0.4, -0.2) is 58.8 Å². The van der Waals surface area contributed by atoms with Gasteiger partial charge in [0.25, 0.3) is 0 Å². The minimum atomic E-state index is 0.712. The standard InChI is InChI=1S/C24H24ClN5O/c25-19-6-8-20(9-7-19)30-16-21(18-4-2-1-3-5-18)22-23(27-17-28-24(22)30)26-10-11-29-12-14-31-15-13-29/h1-9,16-17H,10-15H2,(H,26,27,28). The van der Waals surface area contributed by atoms with Gasteiger partial charge in [0.1, 0.15) is 12.1 Å². The van der Waals surface area contributed by atoms with E-state index in [9.17, 15) is 0 Å². The first-order valence-corrected chi connectivity index (χ1v) is 10.9. The van der Waals surface area contributed by atoms with Crippen molar-refractivity contribution in [3.05, 3.63) is 72.1 Å². The summed E-state index contributed by atoms with van der Waals surface area (Å²) in [7, 11) is 0. The normalized spacial score (nSPS) is 14.7. The van der Waals surface area contributed by atoms with Crippen LogP contribution in [0.3, 0.4) is 0 Å². The Balaban J connectivity index is 1.54. The molecule has 1 N–H and O–H groups in total. The maximum Gasteiger partial charge on any atom is 0.150 e. The molecule has 0 radical (unpaired) electrons. The lowest BCUT2D eigenvalue weighted by atomic mass is 10.1. The molecule has 1 saturated heterocycles. The average Bonchev–Trinajstić information content (AvgIpc) is 3.21. The number of hydrogen-bond acceptors (Lipinski definition) is 5. The number of morpholine rings is 1. The van der Waals surface area contributed by atoms with E-state index in [2.05, 4.69) is 55.2 Å². The SMILES string of the molecule is Clc1ccc(-n2cc(-c3ccccc3)c3c(NCCN4CCOCC4)ncnc32)cc1. The number of fused-ring (bicyclic) bond motifs is 1. The lowest BCUT2D eigenvalue weighted by molar-refractivity contribution is 0.0398. The molecular formula is C24H24ClN5O. The summed E-state index contributed by atoms with van der Waals surface area (Å²) in [5.74, 6) is 0.852. The summed E-state index contributed by atoms with van der Waals surface area (Å²) in [6.07, 6.45) is 3.76. The Morgan fingerprint density at radius 2 is 1.74 bits per heavy atom. The van der Waals surface area contributed by atoms with Crippen LogP contribution in [0.25, 0.3) is 27.8 Å². The molecule has 1 fully saturated rings. The largest absolute Gasteiger partial charge is 0.379 e. The highest BCUT2D eigenvalue weighted by atomic mass is 35.5. The minimum absolute atomic E-state index is 0.712. The van der Waals surface area contributed by atoms with Crippen LogP contribution in [0.5, 0.6) is 0 Å². The van der Waals surface area contributed by atoms with Crippen molar-refractivity contribution in [1.82, 2.24) is 19.4 Å². The van der Waals surface area contributed by atoms with Crippen LogP contribution in [0.2, 0.25) is 5.02 Å². The fourth-order valence-corrected chi connectivity index (χ4v) is 4.11. The number of nitrogens with one attached hydrogen (secondary N) is 1. The fourth-order valence-electron chi connectivity index (χ4n) is 3.99. The number of anilines is 1. The van der Waals surface area contributed by atoms with E-state index in [1.807, 2.05) is 30.3 Å². The van der Waals surface area contributed by atoms with Crippen LogP contribution in [-0.2, 0) is 4.74 Å². The average molecular weight is 434 g/mol. The molecule has 0 aliphatic carbocycles. The van der Waals surface area contributed by atoms with Gasteiger partial charge < -0.3 is 14.6 Å². The number of hydrogen-bond donors (Lipinski definition) is 1. The first kappa shape index (κ1) is 20.0. The fraction of sp³-hybridized carbons (Fsp3) is 0.250. The molecule has 158 valence electrons. The van der Waals surface area contributed by atoms with Gasteiger partial charge in [0, 0.05) is 48.6 Å². The van der Waals surface area contributed by atoms with Crippen molar-refractivity contribution < 1.29 is 4.74 Å². The van der Waals surface area contributed by atoms with E-state index in [4.69, 9.17) is 16.3 Å². The number of halogens is 1. The molecule has 0 amide bonds. The Morgan fingerprint density at radius 3 is 2.52 bits per heavy atom. The Kier molecular flexibility index (Phi) is 5.84. The molecular weight excluding hydrogens is 410 g/mol. The second-order valence-electron chi connectivity index (χ2n) is 7.56. The topological polar surface area (TPSA) is 55.2 Å². The van der Waals surface area contributed by atoms with E-state index in [-0.39, 0.29) is 0 Å². The monoisotopic (exact) mass is 433 g/mol. The number of nitrogens with zero attached hydrogens (tertiary/aromatic N) is 4. The Morgan fingerprint density at radius 1 is 0.968 bits per heavy atom. The summed E-state index contributed by atoms with van der Waals surface area (Å²) in [6.45, 7) is 5.33. The molecule has 6 nitrogen and oxygen atoms in total. The summed E-state index contributed by atoms with van der Waals surface area (Å²) in [4.78, 5) is 11.6. The molecule has 7 heteroatoms. The molecule has 0 spiro atoms. The van der Waals surface area contributed by atoms with E-state index >= 15 is 0 Å². The molecule has 4 aromatic rings. The van der Waals surface area contributed by atoms with Gasteiger partial charge in [-0.1, -0.05) is 41.9 Å². The first-order chi connectivity index (χ1) is 15.3. The molecule has 0 atom stereocenters. The maximum absolute atomic E-state index is 6.11. The second-order valence-corrected chi connectivity index (χ2v) is 7.99. The Labute approximate surface area is 186 Å². The van der Waals surface area contributed by atoms with Gasteiger partial charge in [0.2, 0.25) is 0 Å². The van der Waals surface area contributed by atoms with E-state index in [0.717, 1.165) is 73.1 Å². The van der Waals surface area contributed by atoms with Gasteiger partial charge in [-0.15, -0.1) is 0 Å². The Bertz CT molecular complexity index is 1150. The zero-order valence-electron chi connectivity index (χ0n) is 17.2. The van der Waals surface area contributed by atoms with Gasteiger partial charge in [-0.25, -0.2) is 9.97 Å². The van der Waals surface area contributed by atoms with Crippen LogP contribution in [0.1, 0.15) is 0 Å². The van der Waals surface area contributed by atoms with Crippen molar-refractivity contribution in [1.29, 1.82) is 0 Å². The highest BCUT2D eigenvalue weighted by Gasteiger charge is 2.17. The molecule has 0 bridgehead atoms. The lowest BCUT2D eigenvalue weighted by Crippen LogP contribution is -2.39. The van der Waals surface area contributed by atoms with E-state index in [1.165, 1.54) is 0 Å². The van der Waals surface area contributed by atoms with Gasteiger partial charge >= 0.3 is 0 Å². The van der Waals surface area contributed by atoms with Crippen molar-refractivity contribution in [3.63, 3.8) is 0 Å². The lowest BCUT2D eigenvalue weighted by Gasteiger charge is -2.26. The highest BCUT2D eigenvalue weighted by molar-refractivity contribution is 6.30. The van der Waals surface area contributed by atoms with Crippen molar-refractivity contribution in [2.45, 2.75) is 0 Å². The molecule has 2 aromatic heterocycles. The maximum atomic E-state index is 6.11. The number of benzene rings is 2. The number of ether oxygens (including phenoxy) is 1. The smallest absolute Gasteiger partial charge is 0.150 e. The molecule has 1 aliphatic rings. The van der Waals surface area contributed by atoms with Crippen LogP contribution >= 0.6 is 11.6 Å². The minimum Gasteiger partial charge on any atom is -0.379 e. The van der Waals surface area contributed by atoms with Gasteiger partial charge in [-0.05, 0) is 29.8 Å². The van der Waals surface area contributed by atoms with Crippen molar-refractivity contribution >= 4 is 28.5 Å².